The molecule has 0 bridgehead atoms. The Hall–Kier alpha value is -3.16. The largest absolute Gasteiger partial charge is 0.316 e. The SMILES string of the molecule is Cc1cc(/C=N\NC(=O)c2ccc(Cl)c([N+](=O)[O-])c2)c(C)n1-c1ccccc1Cl. The standard InChI is InChI=1S/C20H16Cl2N4O3/c1-12-9-15(13(2)25(12)18-6-4-3-5-16(18)21)11-23-24-20(27)14-7-8-17(22)19(10-14)26(28)29/h3-11H,1-2H3,(H,24,27)/b23-11-. The van der Waals surface area contributed by atoms with Crippen molar-refractivity contribution in [2.45, 2.75) is 13.8 Å². The van der Waals surface area contributed by atoms with Gasteiger partial charge in [-0.05, 0) is 44.2 Å². The van der Waals surface area contributed by atoms with Gasteiger partial charge in [0.2, 0.25) is 0 Å². The van der Waals surface area contributed by atoms with Gasteiger partial charge in [0.05, 0.1) is 21.8 Å². The molecule has 0 spiro atoms. The van der Waals surface area contributed by atoms with E-state index >= 15 is 0 Å². The molecule has 0 aliphatic rings. The molecule has 3 aromatic rings. The molecule has 1 heterocycles. The Labute approximate surface area is 176 Å². The van der Waals surface area contributed by atoms with Crippen molar-refractivity contribution < 1.29 is 9.72 Å². The van der Waals surface area contributed by atoms with Gasteiger partial charge in [0, 0.05) is 28.6 Å². The Morgan fingerprint density at radius 1 is 1.14 bits per heavy atom. The Balaban J connectivity index is 1.80. The van der Waals surface area contributed by atoms with Gasteiger partial charge >= 0.3 is 0 Å². The third-order valence-corrected chi connectivity index (χ3v) is 4.98. The summed E-state index contributed by atoms with van der Waals surface area (Å²) in [6.45, 7) is 3.86. The maximum absolute atomic E-state index is 12.2. The van der Waals surface area contributed by atoms with Crippen molar-refractivity contribution in [2.24, 2.45) is 5.10 Å². The lowest BCUT2D eigenvalue weighted by atomic mass is 10.2. The van der Waals surface area contributed by atoms with E-state index in [0.29, 0.717) is 5.02 Å². The lowest BCUT2D eigenvalue weighted by Crippen LogP contribution is -2.17. The second-order valence-electron chi connectivity index (χ2n) is 6.24. The molecule has 2 aromatic carbocycles. The number of hydrazone groups is 1. The fourth-order valence-electron chi connectivity index (χ4n) is 2.94. The summed E-state index contributed by atoms with van der Waals surface area (Å²) in [6, 6.07) is 13.2. The first-order valence-corrected chi connectivity index (χ1v) is 9.26. The molecule has 148 valence electrons. The molecule has 0 saturated carbocycles. The number of hydrogen-bond acceptors (Lipinski definition) is 4. The molecular weight excluding hydrogens is 415 g/mol. The van der Waals surface area contributed by atoms with Crippen LogP contribution >= 0.6 is 23.2 Å². The van der Waals surface area contributed by atoms with Gasteiger partial charge in [0.25, 0.3) is 11.6 Å². The number of nitrogens with one attached hydrogen (secondary N) is 1. The predicted molar refractivity (Wildman–Crippen MR) is 113 cm³/mol. The summed E-state index contributed by atoms with van der Waals surface area (Å²) >= 11 is 12.1. The van der Waals surface area contributed by atoms with E-state index < -0.39 is 10.8 Å². The van der Waals surface area contributed by atoms with Gasteiger partial charge < -0.3 is 4.57 Å². The van der Waals surface area contributed by atoms with Gasteiger partial charge in [-0.2, -0.15) is 5.10 Å². The Morgan fingerprint density at radius 2 is 1.86 bits per heavy atom. The van der Waals surface area contributed by atoms with Crippen LogP contribution in [0.25, 0.3) is 5.69 Å². The van der Waals surface area contributed by atoms with Crippen molar-refractivity contribution in [3.63, 3.8) is 0 Å². The van der Waals surface area contributed by atoms with Crippen LogP contribution in [0.15, 0.2) is 53.6 Å². The van der Waals surface area contributed by atoms with Crippen molar-refractivity contribution >= 4 is 41.0 Å². The van der Waals surface area contributed by atoms with Crippen molar-refractivity contribution in [3.05, 3.63) is 91.2 Å². The molecule has 0 unspecified atom stereocenters. The number of carbonyl (C=O) groups is 1. The number of amides is 1. The molecule has 0 radical (unpaired) electrons. The number of aromatic nitrogens is 1. The monoisotopic (exact) mass is 430 g/mol. The Morgan fingerprint density at radius 3 is 2.55 bits per heavy atom. The molecule has 9 heteroatoms. The molecule has 0 atom stereocenters. The van der Waals surface area contributed by atoms with Crippen LogP contribution in [-0.4, -0.2) is 21.6 Å². The number of carbonyl (C=O) groups excluding carboxylic acids is 1. The maximum Gasteiger partial charge on any atom is 0.288 e. The van der Waals surface area contributed by atoms with Gasteiger partial charge in [-0.3, -0.25) is 14.9 Å². The zero-order valence-corrected chi connectivity index (χ0v) is 17.0. The summed E-state index contributed by atoms with van der Waals surface area (Å²) in [4.78, 5) is 22.5. The molecule has 1 aromatic heterocycles. The van der Waals surface area contributed by atoms with Crippen molar-refractivity contribution in [3.8, 4) is 5.69 Å². The van der Waals surface area contributed by atoms with Crippen LogP contribution in [0.5, 0.6) is 0 Å². The first-order valence-electron chi connectivity index (χ1n) is 8.50. The molecule has 0 saturated heterocycles. The number of halogens is 2. The third kappa shape index (κ3) is 4.31. The number of nitro benzene ring substituents is 1. The van der Waals surface area contributed by atoms with E-state index in [-0.39, 0.29) is 16.3 Å². The van der Waals surface area contributed by atoms with Gasteiger partial charge in [0.15, 0.2) is 0 Å². The number of benzene rings is 2. The van der Waals surface area contributed by atoms with Gasteiger partial charge in [-0.15, -0.1) is 0 Å². The number of nitrogens with zero attached hydrogens (tertiary/aromatic N) is 3. The van der Waals surface area contributed by atoms with E-state index in [1.165, 1.54) is 18.3 Å². The predicted octanol–water partition coefficient (Wildman–Crippen LogP) is 5.07. The van der Waals surface area contributed by atoms with Crippen LogP contribution in [0.1, 0.15) is 27.3 Å². The highest BCUT2D eigenvalue weighted by Gasteiger charge is 2.16. The van der Waals surface area contributed by atoms with E-state index in [0.717, 1.165) is 28.7 Å². The lowest BCUT2D eigenvalue weighted by Gasteiger charge is -2.11. The average molecular weight is 431 g/mol. The number of nitro groups is 1. The Bertz CT molecular complexity index is 1140. The Kier molecular flexibility index (Phi) is 6.00. The summed E-state index contributed by atoms with van der Waals surface area (Å²) in [5.41, 5.74) is 5.61. The van der Waals surface area contributed by atoms with Crippen LogP contribution in [0, 0.1) is 24.0 Å². The molecule has 3 rings (SSSR count). The molecule has 0 aliphatic carbocycles. The van der Waals surface area contributed by atoms with E-state index in [1.807, 2.05) is 48.7 Å². The summed E-state index contributed by atoms with van der Waals surface area (Å²) in [7, 11) is 0. The number of hydrogen-bond donors (Lipinski definition) is 1. The van der Waals surface area contributed by atoms with Crippen LogP contribution in [0.3, 0.4) is 0 Å². The van der Waals surface area contributed by atoms with Crippen LogP contribution in [-0.2, 0) is 0 Å². The number of para-hydroxylation sites is 1. The molecule has 7 nitrogen and oxygen atoms in total. The quantitative estimate of drug-likeness (QED) is 0.347. The summed E-state index contributed by atoms with van der Waals surface area (Å²) < 4.78 is 1.99. The van der Waals surface area contributed by atoms with E-state index in [9.17, 15) is 14.9 Å². The topological polar surface area (TPSA) is 89.5 Å². The first kappa shape index (κ1) is 20.6. The van der Waals surface area contributed by atoms with E-state index in [4.69, 9.17) is 23.2 Å². The summed E-state index contributed by atoms with van der Waals surface area (Å²) in [6.07, 6.45) is 1.51. The summed E-state index contributed by atoms with van der Waals surface area (Å²) in [5, 5.41) is 15.5. The molecule has 1 amide bonds. The minimum Gasteiger partial charge on any atom is -0.316 e. The molecular formula is C20H16Cl2N4O3. The smallest absolute Gasteiger partial charge is 0.288 e. The molecule has 29 heavy (non-hydrogen) atoms. The normalized spacial score (nSPS) is 11.0. The average Bonchev–Trinajstić information content (AvgIpc) is 2.96. The van der Waals surface area contributed by atoms with E-state index in [2.05, 4.69) is 10.5 Å². The highest BCUT2D eigenvalue weighted by Crippen LogP contribution is 2.26. The fourth-order valence-corrected chi connectivity index (χ4v) is 3.35. The minimum atomic E-state index is -0.647. The van der Waals surface area contributed by atoms with Gasteiger partial charge in [-0.25, -0.2) is 5.43 Å². The fraction of sp³-hybridized carbons (Fsp3) is 0.100. The second kappa shape index (κ2) is 8.46. The third-order valence-electron chi connectivity index (χ3n) is 4.34. The zero-order valence-electron chi connectivity index (χ0n) is 15.5. The van der Waals surface area contributed by atoms with Crippen LogP contribution < -0.4 is 5.43 Å². The van der Waals surface area contributed by atoms with Crippen LogP contribution in [0.2, 0.25) is 10.0 Å². The highest BCUT2D eigenvalue weighted by atomic mass is 35.5. The lowest BCUT2D eigenvalue weighted by molar-refractivity contribution is -0.384. The van der Waals surface area contributed by atoms with Gasteiger partial charge in [0.1, 0.15) is 5.02 Å². The van der Waals surface area contributed by atoms with E-state index in [1.54, 1.807) is 0 Å². The molecule has 0 fully saturated rings. The zero-order chi connectivity index (χ0) is 21.1. The second-order valence-corrected chi connectivity index (χ2v) is 7.05. The first-order chi connectivity index (χ1) is 13.8. The molecule has 0 aliphatic heterocycles. The van der Waals surface area contributed by atoms with Crippen LogP contribution in [0.4, 0.5) is 5.69 Å². The minimum absolute atomic E-state index is 0.0398. The van der Waals surface area contributed by atoms with Crippen molar-refractivity contribution in [1.29, 1.82) is 0 Å². The van der Waals surface area contributed by atoms with Gasteiger partial charge in [-0.1, -0.05) is 35.3 Å². The van der Waals surface area contributed by atoms with Crippen molar-refractivity contribution in [1.82, 2.24) is 9.99 Å². The molecule has 1 N–H and O–H groups in total. The number of aryl methyl sites for hydroxylation is 1. The maximum atomic E-state index is 12.2. The number of rotatable bonds is 5. The highest BCUT2D eigenvalue weighted by molar-refractivity contribution is 6.33. The summed E-state index contributed by atoms with van der Waals surface area (Å²) in [5.74, 6) is -0.582. The van der Waals surface area contributed by atoms with Crippen molar-refractivity contribution in [2.75, 3.05) is 0 Å².